The second kappa shape index (κ2) is 5.54. The van der Waals surface area contributed by atoms with Crippen molar-refractivity contribution >= 4 is 23.2 Å². The van der Waals surface area contributed by atoms with Gasteiger partial charge in [-0.2, -0.15) is 0 Å². The molecule has 19 heavy (non-hydrogen) atoms. The summed E-state index contributed by atoms with van der Waals surface area (Å²) in [5, 5.41) is 0.529. The molecule has 1 aromatic heterocycles. The summed E-state index contributed by atoms with van der Waals surface area (Å²) in [6.07, 6.45) is 2.74. The van der Waals surface area contributed by atoms with Gasteiger partial charge in [-0.3, -0.25) is 9.59 Å². The minimum Gasteiger partial charge on any atom is -0.395 e. The molecule has 0 radical (unpaired) electrons. The number of carbonyl (C=O) groups excluding carboxylic acids is 2. The molecule has 1 heterocycles. The van der Waals surface area contributed by atoms with Crippen molar-refractivity contribution < 1.29 is 9.59 Å². The molecule has 0 amide bonds. The van der Waals surface area contributed by atoms with E-state index >= 15 is 0 Å². The highest BCUT2D eigenvalue weighted by molar-refractivity contribution is 6.30. The van der Waals surface area contributed by atoms with E-state index in [1.807, 2.05) is 0 Å². The fourth-order valence-corrected chi connectivity index (χ4v) is 1.66. The van der Waals surface area contributed by atoms with Crippen molar-refractivity contribution in [1.29, 1.82) is 0 Å². The first-order valence-corrected chi connectivity index (χ1v) is 5.91. The van der Waals surface area contributed by atoms with Gasteiger partial charge in [-0.25, -0.2) is 0 Å². The number of rotatable bonds is 4. The molecule has 3 N–H and O–H groups in total. The Morgan fingerprint density at radius 2 is 1.84 bits per heavy atom. The standard InChI is InChI=1S/C14H11ClN2O2/c15-10-5-3-9(4-6-10)14(19)11(16)8-13(18)12-2-1-7-17-12/h1-8,17H,16H2. The van der Waals surface area contributed by atoms with Gasteiger partial charge in [0.1, 0.15) is 0 Å². The van der Waals surface area contributed by atoms with Crippen molar-refractivity contribution in [2.24, 2.45) is 5.73 Å². The topological polar surface area (TPSA) is 76.0 Å². The summed E-state index contributed by atoms with van der Waals surface area (Å²) in [6.45, 7) is 0. The summed E-state index contributed by atoms with van der Waals surface area (Å²) in [6, 6.07) is 9.61. The second-order valence-electron chi connectivity index (χ2n) is 3.88. The Bertz CT molecular complexity index is 628. The van der Waals surface area contributed by atoms with Gasteiger partial charge in [0, 0.05) is 22.9 Å². The van der Waals surface area contributed by atoms with Gasteiger partial charge < -0.3 is 10.7 Å². The first kappa shape index (κ1) is 13.1. The summed E-state index contributed by atoms with van der Waals surface area (Å²) >= 11 is 5.73. The number of aromatic amines is 1. The largest absolute Gasteiger partial charge is 0.395 e. The Hall–Kier alpha value is -2.33. The van der Waals surface area contributed by atoms with E-state index in [1.54, 1.807) is 42.6 Å². The van der Waals surface area contributed by atoms with Gasteiger partial charge in [0.25, 0.3) is 0 Å². The van der Waals surface area contributed by atoms with Crippen LogP contribution >= 0.6 is 11.6 Å². The predicted molar refractivity (Wildman–Crippen MR) is 73.2 cm³/mol. The van der Waals surface area contributed by atoms with Crippen LogP contribution in [-0.2, 0) is 0 Å². The number of nitrogens with two attached hydrogens (primary N) is 1. The van der Waals surface area contributed by atoms with Crippen molar-refractivity contribution in [2.75, 3.05) is 0 Å². The molecule has 0 saturated heterocycles. The quantitative estimate of drug-likeness (QED) is 0.664. The first-order chi connectivity index (χ1) is 9.08. The maximum Gasteiger partial charge on any atom is 0.208 e. The summed E-state index contributed by atoms with van der Waals surface area (Å²) in [5.74, 6) is -0.749. The van der Waals surface area contributed by atoms with Crippen LogP contribution in [0.1, 0.15) is 20.8 Å². The Morgan fingerprint density at radius 1 is 1.16 bits per heavy atom. The van der Waals surface area contributed by atoms with E-state index in [0.29, 0.717) is 16.3 Å². The van der Waals surface area contributed by atoms with Crippen LogP contribution in [0.25, 0.3) is 0 Å². The van der Waals surface area contributed by atoms with E-state index in [4.69, 9.17) is 17.3 Å². The molecule has 0 aliphatic carbocycles. The van der Waals surface area contributed by atoms with Gasteiger partial charge in [0.05, 0.1) is 11.4 Å². The first-order valence-electron chi connectivity index (χ1n) is 5.53. The van der Waals surface area contributed by atoms with Crippen LogP contribution in [0.15, 0.2) is 54.4 Å². The van der Waals surface area contributed by atoms with Gasteiger partial charge >= 0.3 is 0 Å². The molecule has 0 atom stereocenters. The zero-order valence-corrected chi connectivity index (χ0v) is 10.6. The lowest BCUT2D eigenvalue weighted by atomic mass is 10.1. The van der Waals surface area contributed by atoms with Crippen LogP contribution in [0, 0.1) is 0 Å². The van der Waals surface area contributed by atoms with E-state index in [2.05, 4.69) is 4.98 Å². The molecule has 4 nitrogen and oxygen atoms in total. The molecule has 0 saturated carbocycles. The molecule has 96 valence electrons. The number of carbonyl (C=O) groups is 2. The van der Waals surface area contributed by atoms with Gasteiger partial charge in [0.2, 0.25) is 11.6 Å². The maximum atomic E-state index is 12.0. The molecule has 0 aliphatic heterocycles. The Kier molecular flexibility index (Phi) is 3.82. The lowest BCUT2D eigenvalue weighted by Gasteiger charge is -2.01. The summed E-state index contributed by atoms with van der Waals surface area (Å²) in [4.78, 5) is 26.5. The number of hydrogen-bond acceptors (Lipinski definition) is 3. The molecule has 2 aromatic rings. The number of ketones is 2. The normalized spacial score (nSPS) is 11.3. The average Bonchev–Trinajstić information content (AvgIpc) is 2.92. The highest BCUT2D eigenvalue weighted by Crippen LogP contribution is 2.12. The van der Waals surface area contributed by atoms with Crippen LogP contribution < -0.4 is 5.73 Å². The highest BCUT2D eigenvalue weighted by Gasteiger charge is 2.11. The summed E-state index contributed by atoms with van der Waals surface area (Å²) in [7, 11) is 0. The van der Waals surface area contributed by atoms with E-state index in [9.17, 15) is 9.59 Å². The Balaban J connectivity index is 2.19. The van der Waals surface area contributed by atoms with Crippen LogP contribution in [0.2, 0.25) is 5.02 Å². The van der Waals surface area contributed by atoms with E-state index in [0.717, 1.165) is 6.08 Å². The number of nitrogens with one attached hydrogen (secondary N) is 1. The van der Waals surface area contributed by atoms with Crippen molar-refractivity contribution in [3.63, 3.8) is 0 Å². The minimum absolute atomic E-state index is 0.109. The van der Waals surface area contributed by atoms with Crippen molar-refractivity contribution in [3.05, 3.63) is 70.6 Å². The number of H-pyrrole nitrogens is 1. The average molecular weight is 275 g/mol. The molecule has 0 spiro atoms. The van der Waals surface area contributed by atoms with Crippen LogP contribution in [0.4, 0.5) is 0 Å². The molecular weight excluding hydrogens is 264 g/mol. The minimum atomic E-state index is -0.406. The second-order valence-corrected chi connectivity index (χ2v) is 4.32. The molecule has 1 aromatic carbocycles. The summed E-state index contributed by atoms with van der Waals surface area (Å²) < 4.78 is 0. The smallest absolute Gasteiger partial charge is 0.208 e. The highest BCUT2D eigenvalue weighted by atomic mass is 35.5. The maximum absolute atomic E-state index is 12.0. The molecule has 0 aliphatic rings. The number of benzene rings is 1. The van der Waals surface area contributed by atoms with Gasteiger partial charge in [0.15, 0.2) is 0 Å². The van der Waals surface area contributed by atoms with Crippen molar-refractivity contribution in [3.8, 4) is 0 Å². The third kappa shape index (κ3) is 3.11. The zero-order chi connectivity index (χ0) is 13.8. The van der Waals surface area contributed by atoms with Gasteiger partial charge in [-0.15, -0.1) is 0 Å². The lowest BCUT2D eigenvalue weighted by molar-refractivity contribution is 0.101. The zero-order valence-electron chi connectivity index (χ0n) is 9.89. The van der Waals surface area contributed by atoms with Crippen LogP contribution in [0.3, 0.4) is 0 Å². The Morgan fingerprint density at radius 3 is 2.42 bits per heavy atom. The van der Waals surface area contributed by atoms with E-state index < -0.39 is 5.78 Å². The van der Waals surface area contributed by atoms with Crippen LogP contribution in [0.5, 0.6) is 0 Å². The van der Waals surface area contributed by atoms with Crippen molar-refractivity contribution in [1.82, 2.24) is 4.98 Å². The molecule has 2 rings (SSSR count). The number of halogens is 1. The molecule has 0 fully saturated rings. The van der Waals surface area contributed by atoms with Gasteiger partial charge in [-0.05, 0) is 36.4 Å². The Labute approximate surface area is 114 Å². The number of Topliss-reactive ketones (excluding diaryl/α,β-unsaturated/α-hetero) is 1. The van der Waals surface area contributed by atoms with E-state index in [-0.39, 0.29) is 11.5 Å². The molecule has 5 heteroatoms. The number of hydrogen-bond donors (Lipinski definition) is 2. The number of allylic oxidation sites excluding steroid dienone is 2. The SMILES string of the molecule is NC(=CC(=O)c1ccc[nH]1)C(=O)c1ccc(Cl)cc1. The van der Waals surface area contributed by atoms with Gasteiger partial charge in [-0.1, -0.05) is 11.6 Å². The van der Waals surface area contributed by atoms with Crippen LogP contribution in [-0.4, -0.2) is 16.6 Å². The fourth-order valence-electron chi connectivity index (χ4n) is 1.54. The van der Waals surface area contributed by atoms with E-state index in [1.165, 1.54) is 0 Å². The summed E-state index contributed by atoms with van der Waals surface area (Å²) in [5.41, 5.74) is 6.30. The monoisotopic (exact) mass is 274 g/mol. The molecule has 0 unspecified atom stereocenters. The third-order valence-electron chi connectivity index (χ3n) is 2.52. The third-order valence-corrected chi connectivity index (χ3v) is 2.77. The fraction of sp³-hybridized carbons (Fsp3) is 0. The molecular formula is C14H11ClN2O2. The molecule has 0 bridgehead atoms. The number of aromatic nitrogens is 1. The van der Waals surface area contributed by atoms with Crippen molar-refractivity contribution in [2.45, 2.75) is 0 Å². The lowest BCUT2D eigenvalue weighted by Crippen LogP contribution is -2.13. The predicted octanol–water partition coefficient (Wildman–Crippen LogP) is 2.58.